The molecule has 0 fully saturated rings. The van der Waals surface area contributed by atoms with Crippen LogP contribution in [0.3, 0.4) is 0 Å². The number of carbonyl (C=O) groups is 1. The van der Waals surface area contributed by atoms with Gasteiger partial charge in [-0.25, -0.2) is 0 Å². The predicted octanol–water partition coefficient (Wildman–Crippen LogP) is 1.17. The number of rotatable bonds is 5. The summed E-state index contributed by atoms with van der Waals surface area (Å²) >= 11 is 0. The fourth-order valence-electron chi connectivity index (χ4n) is 1.24. The summed E-state index contributed by atoms with van der Waals surface area (Å²) in [5.74, 6) is -0.164. The summed E-state index contributed by atoms with van der Waals surface area (Å²) < 4.78 is 0. The predicted molar refractivity (Wildman–Crippen MR) is 69.2 cm³/mol. The summed E-state index contributed by atoms with van der Waals surface area (Å²) in [5.41, 5.74) is 7.17. The average molecular weight is 234 g/mol. The van der Waals surface area contributed by atoms with E-state index in [4.69, 9.17) is 10.8 Å². The normalized spacial score (nSPS) is 12.6. The minimum absolute atomic E-state index is 0.164. The van der Waals surface area contributed by atoms with Gasteiger partial charge in [-0.15, -0.1) is 0 Å². The molecular weight excluding hydrogens is 216 g/mol. The van der Waals surface area contributed by atoms with Crippen LogP contribution in [0.15, 0.2) is 30.3 Å². The van der Waals surface area contributed by atoms with E-state index in [1.165, 1.54) is 6.08 Å². The highest BCUT2D eigenvalue weighted by Gasteiger charge is 1.97. The summed E-state index contributed by atoms with van der Waals surface area (Å²) in [5, 5.41) is 11.7. The van der Waals surface area contributed by atoms with Crippen molar-refractivity contribution in [1.82, 2.24) is 5.32 Å². The van der Waals surface area contributed by atoms with Crippen LogP contribution >= 0.6 is 0 Å². The topological polar surface area (TPSA) is 75.3 Å². The van der Waals surface area contributed by atoms with Crippen LogP contribution in [0.5, 0.6) is 0 Å². The van der Waals surface area contributed by atoms with Crippen LogP contribution in [-0.4, -0.2) is 23.7 Å². The molecule has 0 saturated carbocycles. The van der Waals surface area contributed by atoms with Crippen molar-refractivity contribution in [2.24, 2.45) is 0 Å². The Morgan fingerprint density at radius 1 is 1.47 bits per heavy atom. The number of aliphatic hydroxyl groups excluding tert-OH is 1. The highest BCUT2D eigenvalue weighted by molar-refractivity contribution is 5.91. The van der Waals surface area contributed by atoms with Crippen LogP contribution in [0.25, 0.3) is 6.08 Å². The summed E-state index contributed by atoms with van der Waals surface area (Å²) in [4.78, 5) is 11.4. The van der Waals surface area contributed by atoms with Crippen LogP contribution in [0.4, 0.5) is 5.69 Å². The van der Waals surface area contributed by atoms with Crippen molar-refractivity contribution in [2.75, 3.05) is 12.3 Å². The van der Waals surface area contributed by atoms with Gasteiger partial charge in [-0.05, 0) is 37.1 Å². The molecule has 0 saturated heterocycles. The molecule has 1 aromatic carbocycles. The quantitative estimate of drug-likeness (QED) is 0.529. The lowest BCUT2D eigenvalue weighted by atomic mass is 10.2. The Bertz CT molecular complexity index is 383. The van der Waals surface area contributed by atoms with Gasteiger partial charge in [0.2, 0.25) is 5.91 Å². The Balaban J connectivity index is 2.37. The molecule has 0 aliphatic heterocycles. The van der Waals surface area contributed by atoms with Crippen molar-refractivity contribution in [3.8, 4) is 0 Å². The molecule has 1 unspecified atom stereocenters. The van der Waals surface area contributed by atoms with Crippen molar-refractivity contribution in [3.05, 3.63) is 35.9 Å². The molecule has 0 spiro atoms. The van der Waals surface area contributed by atoms with Gasteiger partial charge in [0.15, 0.2) is 0 Å². The van der Waals surface area contributed by atoms with Crippen LogP contribution in [0.2, 0.25) is 0 Å². The molecule has 4 nitrogen and oxygen atoms in total. The lowest BCUT2D eigenvalue weighted by Crippen LogP contribution is -2.24. The number of nitrogen functional groups attached to an aromatic ring is 1. The lowest BCUT2D eigenvalue weighted by molar-refractivity contribution is -0.116. The Morgan fingerprint density at radius 2 is 2.12 bits per heavy atom. The maximum atomic E-state index is 11.4. The average Bonchev–Trinajstić information content (AvgIpc) is 2.28. The van der Waals surface area contributed by atoms with Crippen molar-refractivity contribution < 1.29 is 9.90 Å². The van der Waals surface area contributed by atoms with Gasteiger partial charge in [-0.1, -0.05) is 12.1 Å². The molecule has 0 aromatic heterocycles. The van der Waals surface area contributed by atoms with Crippen molar-refractivity contribution in [2.45, 2.75) is 19.4 Å². The number of amides is 1. The molecule has 4 N–H and O–H groups in total. The van der Waals surface area contributed by atoms with Crippen LogP contribution in [-0.2, 0) is 4.79 Å². The standard InChI is InChI=1S/C13H18N2O2/c1-10(16)8-9-15-13(17)7-4-11-2-5-12(14)6-3-11/h2-7,10,16H,8-9,14H2,1H3,(H,15,17)/b7-4+. The first kappa shape index (κ1) is 13.3. The fourth-order valence-corrected chi connectivity index (χ4v) is 1.24. The van der Waals surface area contributed by atoms with Crippen molar-refractivity contribution >= 4 is 17.7 Å². The monoisotopic (exact) mass is 234 g/mol. The molecule has 0 heterocycles. The number of benzene rings is 1. The van der Waals surface area contributed by atoms with Gasteiger partial charge >= 0.3 is 0 Å². The minimum Gasteiger partial charge on any atom is -0.399 e. The third-order valence-corrected chi connectivity index (χ3v) is 2.22. The fraction of sp³-hybridized carbons (Fsp3) is 0.308. The second-order valence-corrected chi connectivity index (χ2v) is 3.93. The second kappa shape index (κ2) is 6.70. The first-order valence-electron chi connectivity index (χ1n) is 5.57. The SMILES string of the molecule is CC(O)CCNC(=O)/C=C/c1ccc(N)cc1. The van der Waals surface area contributed by atoms with E-state index in [2.05, 4.69) is 5.32 Å². The highest BCUT2D eigenvalue weighted by Crippen LogP contribution is 2.06. The van der Waals surface area contributed by atoms with E-state index in [-0.39, 0.29) is 5.91 Å². The molecule has 92 valence electrons. The molecule has 1 atom stereocenters. The molecule has 4 heteroatoms. The van der Waals surface area contributed by atoms with E-state index in [0.29, 0.717) is 18.7 Å². The zero-order chi connectivity index (χ0) is 12.7. The number of nitrogens with one attached hydrogen (secondary N) is 1. The first-order valence-corrected chi connectivity index (χ1v) is 5.57. The van der Waals surface area contributed by atoms with Gasteiger partial charge in [0.05, 0.1) is 6.10 Å². The van der Waals surface area contributed by atoms with Gasteiger partial charge in [0.25, 0.3) is 0 Å². The largest absolute Gasteiger partial charge is 0.399 e. The van der Waals surface area contributed by atoms with Gasteiger partial charge in [-0.3, -0.25) is 4.79 Å². The molecule has 0 aliphatic rings. The molecule has 17 heavy (non-hydrogen) atoms. The van der Waals surface area contributed by atoms with Gasteiger partial charge < -0.3 is 16.2 Å². The van der Waals surface area contributed by atoms with Gasteiger partial charge in [0.1, 0.15) is 0 Å². The zero-order valence-corrected chi connectivity index (χ0v) is 9.89. The molecular formula is C13H18N2O2. The third kappa shape index (κ3) is 5.73. The molecule has 1 aromatic rings. The maximum Gasteiger partial charge on any atom is 0.244 e. The lowest BCUT2D eigenvalue weighted by Gasteiger charge is -2.03. The van der Waals surface area contributed by atoms with E-state index >= 15 is 0 Å². The maximum absolute atomic E-state index is 11.4. The Labute approximate surface area is 101 Å². The van der Waals surface area contributed by atoms with E-state index in [0.717, 1.165) is 5.56 Å². The Hall–Kier alpha value is -1.81. The number of hydrogen-bond acceptors (Lipinski definition) is 3. The van der Waals surface area contributed by atoms with Crippen LogP contribution < -0.4 is 11.1 Å². The third-order valence-electron chi connectivity index (χ3n) is 2.22. The Morgan fingerprint density at radius 3 is 2.71 bits per heavy atom. The molecule has 1 rings (SSSR count). The summed E-state index contributed by atoms with van der Waals surface area (Å²) in [6, 6.07) is 7.25. The van der Waals surface area contributed by atoms with Crippen molar-refractivity contribution in [1.29, 1.82) is 0 Å². The molecule has 0 radical (unpaired) electrons. The minimum atomic E-state index is -0.392. The smallest absolute Gasteiger partial charge is 0.244 e. The number of anilines is 1. The van der Waals surface area contributed by atoms with E-state index in [1.807, 2.05) is 12.1 Å². The number of carbonyl (C=O) groups excluding carboxylic acids is 1. The second-order valence-electron chi connectivity index (χ2n) is 3.93. The van der Waals surface area contributed by atoms with Gasteiger partial charge in [-0.2, -0.15) is 0 Å². The van der Waals surface area contributed by atoms with Crippen molar-refractivity contribution in [3.63, 3.8) is 0 Å². The van der Waals surface area contributed by atoms with E-state index in [9.17, 15) is 4.79 Å². The highest BCUT2D eigenvalue weighted by atomic mass is 16.3. The molecule has 0 aliphatic carbocycles. The number of hydrogen-bond donors (Lipinski definition) is 3. The van der Waals surface area contributed by atoms with Crippen LogP contribution in [0, 0.1) is 0 Å². The first-order chi connectivity index (χ1) is 8.08. The summed E-state index contributed by atoms with van der Waals surface area (Å²) in [6.45, 7) is 2.17. The molecule has 0 bridgehead atoms. The number of nitrogens with two attached hydrogens (primary N) is 1. The van der Waals surface area contributed by atoms with Crippen LogP contribution in [0.1, 0.15) is 18.9 Å². The van der Waals surface area contributed by atoms with E-state index in [1.54, 1.807) is 25.1 Å². The summed E-state index contributed by atoms with van der Waals surface area (Å²) in [6.07, 6.45) is 3.35. The summed E-state index contributed by atoms with van der Waals surface area (Å²) in [7, 11) is 0. The van der Waals surface area contributed by atoms with Gasteiger partial charge in [0, 0.05) is 18.3 Å². The zero-order valence-electron chi connectivity index (χ0n) is 9.89. The Kier molecular flexibility index (Phi) is 5.23. The van der Waals surface area contributed by atoms with E-state index < -0.39 is 6.10 Å². The molecule has 1 amide bonds. The number of aliphatic hydroxyl groups is 1.